The Balaban J connectivity index is 1.28. The maximum Gasteiger partial charge on any atom is 0.279 e. The summed E-state index contributed by atoms with van der Waals surface area (Å²) in [6.07, 6.45) is 8.67. The molecule has 4 rings (SSSR count). The Hall–Kier alpha value is -1.14. The molecule has 2 fully saturated rings. The van der Waals surface area contributed by atoms with E-state index in [-0.39, 0.29) is 5.91 Å². The molecule has 1 aromatic rings. The van der Waals surface area contributed by atoms with E-state index in [0.29, 0.717) is 11.2 Å². The molecule has 1 amide bonds. The van der Waals surface area contributed by atoms with E-state index < -0.39 is 0 Å². The highest BCUT2D eigenvalue weighted by atomic mass is 32.1. The summed E-state index contributed by atoms with van der Waals surface area (Å²) >= 11 is 6.97. The van der Waals surface area contributed by atoms with Gasteiger partial charge in [-0.05, 0) is 80.1 Å². The average molecular weight is 364 g/mol. The number of hydrazine groups is 1. The molecule has 0 saturated heterocycles. The summed E-state index contributed by atoms with van der Waals surface area (Å²) in [5.74, 6) is 2.28. The Bertz CT molecular complexity index is 657. The van der Waals surface area contributed by atoms with Gasteiger partial charge in [-0.3, -0.25) is 15.6 Å². The van der Waals surface area contributed by atoms with E-state index in [2.05, 4.69) is 29.2 Å². The number of rotatable bonds is 2. The minimum atomic E-state index is -0.0841. The highest BCUT2D eigenvalue weighted by molar-refractivity contribution is 7.80. The van der Waals surface area contributed by atoms with Crippen LogP contribution in [0.1, 0.15) is 59.1 Å². The molecule has 4 atom stereocenters. The quantitative estimate of drug-likeness (QED) is 0.558. The first-order chi connectivity index (χ1) is 11.6. The SMILES string of the molecule is C[C@@H]1CCc2sc(C(=O)NNC(=S)N[C@H]3C[C@@H]4CC[C@@H]3C4)cc2C1. The van der Waals surface area contributed by atoms with Crippen molar-refractivity contribution in [3.63, 3.8) is 0 Å². The molecule has 2 saturated carbocycles. The van der Waals surface area contributed by atoms with Crippen LogP contribution in [0.5, 0.6) is 0 Å². The third kappa shape index (κ3) is 3.31. The second-order valence-corrected chi connectivity index (χ2v) is 9.29. The van der Waals surface area contributed by atoms with Gasteiger partial charge in [0.2, 0.25) is 0 Å². The number of carbonyl (C=O) groups is 1. The number of hydrogen-bond acceptors (Lipinski definition) is 3. The summed E-state index contributed by atoms with van der Waals surface area (Å²) < 4.78 is 0. The van der Waals surface area contributed by atoms with Crippen molar-refractivity contribution in [1.29, 1.82) is 0 Å². The summed E-state index contributed by atoms with van der Waals surface area (Å²) in [5, 5.41) is 3.92. The topological polar surface area (TPSA) is 53.2 Å². The van der Waals surface area contributed by atoms with Crippen LogP contribution >= 0.6 is 23.6 Å². The molecule has 24 heavy (non-hydrogen) atoms. The van der Waals surface area contributed by atoms with E-state index in [9.17, 15) is 4.79 Å². The maximum atomic E-state index is 12.4. The zero-order chi connectivity index (χ0) is 16.7. The lowest BCUT2D eigenvalue weighted by molar-refractivity contribution is 0.0947. The molecule has 3 aliphatic carbocycles. The summed E-state index contributed by atoms with van der Waals surface area (Å²) in [7, 11) is 0. The van der Waals surface area contributed by atoms with Crippen LogP contribution in [0, 0.1) is 17.8 Å². The number of thiocarbonyl (C=S) groups is 1. The van der Waals surface area contributed by atoms with Gasteiger partial charge in [0, 0.05) is 10.9 Å². The van der Waals surface area contributed by atoms with Crippen molar-refractivity contribution < 1.29 is 4.79 Å². The molecule has 4 nitrogen and oxygen atoms in total. The van der Waals surface area contributed by atoms with Gasteiger partial charge in [-0.15, -0.1) is 11.3 Å². The van der Waals surface area contributed by atoms with Gasteiger partial charge < -0.3 is 5.32 Å². The second kappa shape index (κ2) is 6.64. The van der Waals surface area contributed by atoms with Crippen LogP contribution in [0.4, 0.5) is 0 Å². The third-order valence-corrected chi connectivity index (χ3v) is 7.35. The van der Waals surface area contributed by atoms with Crippen molar-refractivity contribution in [2.45, 2.75) is 57.9 Å². The highest BCUT2D eigenvalue weighted by Crippen LogP contribution is 2.44. The van der Waals surface area contributed by atoms with Crippen LogP contribution in [0.25, 0.3) is 0 Å². The molecular formula is C18H25N3OS2. The van der Waals surface area contributed by atoms with Crippen LogP contribution in [0.3, 0.4) is 0 Å². The van der Waals surface area contributed by atoms with Gasteiger partial charge in [-0.25, -0.2) is 0 Å². The highest BCUT2D eigenvalue weighted by Gasteiger charge is 2.39. The first-order valence-corrected chi connectivity index (χ1v) is 10.3. The zero-order valence-electron chi connectivity index (χ0n) is 14.1. The summed E-state index contributed by atoms with van der Waals surface area (Å²) in [6, 6.07) is 2.54. The number of amides is 1. The molecule has 0 aliphatic heterocycles. The lowest BCUT2D eigenvalue weighted by atomic mass is 9.90. The van der Waals surface area contributed by atoms with Gasteiger partial charge >= 0.3 is 0 Å². The van der Waals surface area contributed by atoms with Gasteiger partial charge in [0.15, 0.2) is 5.11 Å². The van der Waals surface area contributed by atoms with Crippen LogP contribution in [-0.4, -0.2) is 17.1 Å². The van der Waals surface area contributed by atoms with Crippen molar-refractivity contribution >= 4 is 34.6 Å². The number of aryl methyl sites for hydroxylation is 1. The van der Waals surface area contributed by atoms with Crippen LogP contribution in [0.15, 0.2) is 6.07 Å². The molecule has 0 spiro atoms. The van der Waals surface area contributed by atoms with Gasteiger partial charge in [0.05, 0.1) is 4.88 Å². The van der Waals surface area contributed by atoms with Crippen molar-refractivity contribution in [1.82, 2.24) is 16.2 Å². The third-order valence-electron chi connectivity index (χ3n) is 5.90. The molecule has 130 valence electrons. The first-order valence-electron chi connectivity index (χ1n) is 9.07. The fraction of sp³-hybridized carbons (Fsp3) is 0.667. The predicted octanol–water partition coefficient (Wildman–Crippen LogP) is 3.17. The van der Waals surface area contributed by atoms with E-state index >= 15 is 0 Å². The normalized spacial score (nSPS) is 30.7. The predicted molar refractivity (Wildman–Crippen MR) is 101 cm³/mol. The van der Waals surface area contributed by atoms with Gasteiger partial charge in [-0.1, -0.05) is 13.3 Å². The molecule has 1 aromatic heterocycles. The molecule has 2 bridgehead atoms. The monoisotopic (exact) mass is 363 g/mol. The fourth-order valence-corrected chi connectivity index (χ4v) is 5.92. The number of thiophene rings is 1. The van der Waals surface area contributed by atoms with Gasteiger partial charge in [0.25, 0.3) is 5.91 Å². The number of hydrogen-bond donors (Lipinski definition) is 3. The van der Waals surface area contributed by atoms with Crippen LogP contribution in [-0.2, 0) is 12.8 Å². The Morgan fingerprint density at radius 3 is 2.88 bits per heavy atom. The Morgan fingerprint density at radius 1 is 1.25 bits per heavy atom. The fourth-order valence-electron chi connectivity index (χ4n) is 4.62. The average Bonchev–Trinajstić information content (AvgIpc) is 3.26. The van der Waals surface area contributed by atoms with Crippen molar-refractivity contribution in [3.8, 4) is 0 Å². The smallest absolute Gasteiger partial charge is 0.279 e. The van der Waals surface area contributed by atoms with E-state index in [1.165, 1.54) is 42.5 Å². The first kappa shape index (κ1) is 16.3. The van der Waals surface area contributed by atoms with Crippen molar-refractivity contribution in [3.05, 3.63) is 21.4 Å². The minimum Gasteiger partial charge on any atom is -0.358 e. The summed E-state index contributed by atoms with van der Waals surface area (Å²) in [6.45, 7) is 2.28. The van der Waals surface area contributed by atoms with E-state index in [1.807, 2.05) is 0 Å². The zero-order valence-corrected chi connectivity index (χ0v) is 15.7. The maximum absolute atomic E-state index is 12.4. The van der Waals surface area contributed by atoms with Gasteiger partial charge in [0.1, 0.15) is 0 Å². The van der Waals surface area contributed by atoms with Crippen molar-refractivity contribution in [2.24, 2.45) is 17.8 Å². The molecule has 1 heterocycles. The van der Waals surface area contributed by atoms with Gasteiger partial charge in [-0.2, -0.15) is 0 Å². The largest absolute Gasteiger partial charge is 0.358 e. The Kier molecular flexibility index (Phi) is 4.52. The molecule has 0 unspecified atom stereocenters. The summed E-state index contributed by atoms with van der Waals surface area (Å²) in [5.41, 5.74) is 6.99. The van der Waals surface area contributed by atoms with E-state index in [0.717, 1.165) is 35.5 Å². The molecule has 3 aliphatic rings. The minimum absolute atomic E-state index is 0.0841. The molecular weight excluding hydrogens is 338 g/mol. The Morgan fingerprint density at radius 2 is 2.12 bits per heavy atom. The van der Waals surface area contributed by atoms with Crippen LogP contribution < -0.4 is 16.2 Å². The Labute approximate surface area is 152 Å². The number of nitrogens with one attached hydrogen (secondary N) is 3. The lowest BCUT2D eigenvalue weighted by Crippen LogP contribution is -2.50. The number of carbonyl (C=O) groups excluding carboxylic acids is 1. The summed E-state index contributed by atoms with van der Waals surface area (Å²) in [4.78, 5) is 14.5. The standard InChI is InChI=1S/C18H25N3OS2/c1-10-2-5-15-13(6-10)9-16(24-15)17(22)20-21-18(23)19-14-8-11-3-4-12(14)7-11/h9-12,14H,2-8H2,1H3,(H,20,22)(H2,19,21,23)/t10-,11-,12-,14+/m1/s1. The lowest BCUT2D eigenvalue weighted by Gasteiger charge is -2.24. The second-order valence-electron chi connectivity index (χ2n) is 7.74. The van der Waals surface area contributed by atoms with E-state index in [4.69, 9.17) is 12.2 Å². The molecule has 6 heteroatoms. The molecule has 0 radical (unpaired) electrons. The molecule has 3 N–H and O–H groups in total. The van der Waals surface area contributed by atoms with E-state index in [1.54, 1.807) is 11.3 Å². The van der Waals surface area contributed by atoms with Crippen LogP contribution in [0.2, 0.25) is 0 Å². The number of fused-ring (bicyclic) bond motifs is 3. The molecule has 0 aromatic carbocycles. The van der Waals surface area contributed by atoms with Crippen molar-refractivity contribution in [2.75, 3.05) is 0 Å².